The Morgan fingerprint density at radius 3 is 2.42 bits per heavy atom. The number of para-hydroxylation sites is 1. The van der Waals surface area contributed by atoms with Gasteiger partial charge in [-0.1, -0.05) is 18.2 Å². The summed E-state index contributed by atoms with van der Waals surface area (Å²) in [5.74, 6) is 1.66. The summed E-state index contributed by atoms with van der Waals surface area (Å²) in [5, 5.41) is 2.69. The number of rotatable bonds is 10. The maximum absolute atomic E-state index is 13.7. The van der Waals surface area contributed by atoms with Gasteiger partial charge in [0.15, 0.2) is 15.7 Å². The molecule has 2 aromatic carbocycles. The Kier molecular flexibility index (Phi) is 10.1. The zero-order valence-electron chi connectivity index (χ0n) is 28.6. The van der Waals surface area contributed by atoms with Crippen LogP contribution in [0.4, 0.5) is 17.2 Å². The molecule has 0 radical (unpaired) electrons. The molecule has 1 N–H and O–H groups in total. The van der Waals surface area contributed by atoms with Crippen molar-refractivity contribution < 1.29 is 17.9 Å². The topological polar surface area (TPSA) is 120 Å². The van der Waals surface area contributed by atoms with Crippen molar-refractivity contribution in [1.29, 1.82) is 0 Å². The molecule has 2 fully saturated rings. The van der Waals surface area contributed by atoms with Gasteiger partial charge >= 0.3 is 0 Å². The highest BCUT2D eigenvalue weighted by Gasteiger charge is 2.30. The first kappa shape index (κ1) is 34.0. The van der Waals surface area contributed by atoms with E-state index >= 15 is 0 Å². The van der Waals surface area contributed by atoms with Crippen LogP contribution in [0.3, 0.4) is 0 Å². The summed E-state index contributed by atoms with van der Waals surface area (Å²) in [5.41, 5.74) is 3.29. The van der Waals surface area contributed by atoms with E-state index in [2.05, 4.69) is 27.2 Å². The highest BCUT2D eigenvalue weighted by atomic mass is 32.2. The molecule has 0 aliphatic carbocycles. The summed E-state index contributed by atoms with van der Waals surface area (Å²) < 4.78 is 32.5. The number of piperidine rings is 1. The lowest BCUT2D eigenvalue weighted by Crippen LogP contribution is -2.52. The molecule has 1 amide bonds. The number of sulfone groups is 1. The van der Waals surface area contributed by atoms with Gasteiger partial charge in [0.25, 0.3) is 5.91 Å². The second-order valence-corrected chi connectivity index (χ2v) is 16.0. The number of likely N-dealkylation sites (N-methyl/N-ethyl adjacent to an activating group) is 1. The van der Waals surface area contributed by atoms with Crippen molar-refractivity contribution in [1.82, 2.24) is 24.7 Å². The minimum Gasteiger partial charge on any atom is -0.491 e. The SMILES string of the molecule is CC(C)Oc1cc(C(=O)N2CCC(N3CCN(C)CC3)CC2)ccc1Cc1nc2c(c(Nc3ccccc3S(=O)(=O)C(C)C)n1)N=CC2. The van der Waals surface area contributed by atoms with E-state index < -0.39 is 15.1 Å². The number of anilines is 2. The number of nitrogens with one attached hydrogen (secondary N) is 1. The fraction of sp³-hybridized carbons (Fsp3) is 0.500. The first-order chi connectivity index (χ1) is 23.0. The van der Waals surface area contributed by atoms with Crippen LogP contribution < -0.4 is 10.1 Å². The van der Waals surface area contributed by atoms with Crippen molar-refractivity contribution in [2.45, 2.75) is 75.7 Å². The van der Waals surface area contributed by atoms with Crippen molar-refractivity contribution in [3.05, 3.63) is 65.1 Å². The number of ether oxygens (including phenoxy) is 1. The molecule has 4 heterocycles. The van der Waals surface area contributed by atoms with E-state index in [4.69, 9.17) is 14.7 Å². The molecule has 256 valence electrons. The number of hydrogen-bond donors (Lipinski definition) is 1. The highest BCUT2D eigenvalue weighted by molar-refractivity contribution is 7.92. The quantitative estimate of drug-likeness (QED) is 0.321. The minimum absolute atomic E-state index is 0.0272. The normalized spacial score (nSPS) is 17.7. The van der Waals surface area contributed by atoms with Crippen molar-refractivity contribution >= 4 is 39.2 Å². The summed E-state index contributed by atoms with van der Waals surface area (Å²) in [6.07, 6.45) is 4.59. The molecule has 0 spiro atoms. The van der Waals surface area contributed by atoms with Gasteiger partial charge in [-0.05, 0) is 71.8 Å². The molecule has 12 heteroatoms. The van der Waals surface area contributed by atoms with Crippen LogP contribution in [0, 0.1) is 0 Å². The summed E-state index contributed by atoms with van der Waals surface area (Å²) in [6, 6.07) is 13.1. The summed E-state index contributed by atoms with van der Waals surface area (Å²) >= 11 is 0. The van der Waals surface area contributed by atoms with Crippen molar-refractivity contribution in [3.8, 4) is 5.75 Å². The largest absolute Gasteiger partial charge is 0.491 e. The lowest BCUT2D eigenvalue weighted by molar-refractivity contribution is 0.0518. The van der Waals surface area contributed by atoms with Crippen LogP contribution in [-0.2, 0) is 22.7 Å². The van der Waals surface area contributed by atoms with Crippen LogP contribution in [-0.4, -0.2) is 109 Å². The van der Waals surface area contributed by atoms with Gasteiger partial charge in [-0.3, -0.25) is 14.7 Å². The number of aliphatic imine (C=N–C) groups is 1. The Bertz CT molecular complexity index is 1780. The third-order valence-corrected chi connectivity index (χ3v) is 11.6. The van der Waals surface area contributed by atoms with E-state index in [0.717, 1.165) is 63.4 Å². The van der Waals surface area contributed by atoms with Crippen LogP contribution in [0.5, 0.6) is 5.75 Å². The third-order valence-electron chi connectivity index (χ3n) is 9.41. The smallest absolute Gasteiger partial charge is 0.253 e. The van der Waals surface area contributed by atoms with E-state index in [1.165, 1.54) is 0 Å². The number of benzene rings is 2. The standard InChI is InChI=1S/C36H47N7O4S/c1-24(2)47-31-22-27(36(44)43-16-13-28(14-17-43)42-20-18-41(5)19-21-42)11-10-26(31)23-33-38-30-12-15-37-34(30)35(40-33)39-29-8-6-7-9-32(29)48(45,46)25(3)4/h6-11,15,22,24-25,28H,12-14,16-21,23H2,1-5H3,(H,38,39,40). The molecule has 1 aromatic heterocycles. The lowest BCUT2D eigenvalue weighted by Gasteiger charge is -2.42. The molecule has 3 aromatic rings. The van der Waals surface area contributed by atoms with E-state index in [0.29, 0.717) is 53.2 Å². The fourth-order valence-electron chi connectivity index (χ4n) is 6.59. The van der Waals surface area contributed by atoms with E-state index in [-0.39, 0.29) is 16.9 Å². The summed E-state index contributed by atoms with van der Waals surface area (Å²) in [6.45, 7) is 13.2. The Balaban J connectivity index is 1.22. The van der Waals surface area contributed by atoms with Crippen LogP contribution in [0.15, 0.2) is 52.4 Å². The van der Waals surface area contributed by atoms with Gasteiger partial charge in [-0.25, -0.2) is 18.4 Å². The highest BCUT2D eigenvalue weighted by Crippen LogP contribution is 2.36. The van der Waals surface area contributed by atoms with Crippen LogP contribution in [0.2, 0.25) is 0 Å². The molecule has 0 unspecified atom stereocenters. The molecular weight excluding hydrogens is 627 g/mol. The Morgan fingerprint density at radius 1 is 0.979 bits per heavy atom. The molecule has 0 atom stereocenters. The fourth-order valence-corrected chi connectivity index (χ4v) is 7.79. The first-order valence-corrected chi connectivity index (χ1v) is 18.6. The Hall–Kier alpha value is -3.87. The molecule has 48 heavy (non-hydrogen) atoms. The predicted octanol–water partition coefficient (Wildman–Crippen LogP) is 4.89. The van der Waals surface area contributed by atoms with Crippen LogP contribution in [0.25, 0.3) is 0 Å². The molecule has 6 rings (SSSR count). The second kappa shape index (κ2) is 14.3. The number of carbonyl (C=O) groups excluding carboxylic acids is 1. The third kappa shape index (κ3) is 7.40. The monoisotopic (exact) mass is 673 g/mol. The van der Waals surface area contributed by atoms with Crippen LogP contribution in [0.1, 0.15) is 68.0 Å². The molecule has 3 aliphatic heterocycles. The average Bonchev–Trinajstić information content (AvgIpc) is 3.55. The van der Waals surface area contributed by atoms with E-state index in [1.54, 1.807) is 44.3 Å². The number of piperazine rings is 1. The van der Waals surface area contributed by atoms with Gasteiger partial charge in [0, 0.05) is 75.5 Å². The van der Waals surface area contributed by atoms with E-state index in [9.17, 15) is 13.2 Å². The molecule has 0 bridgehead atoms. The number of fused-ring (bicyclic) bond motifs is 1. The maximum atomic E-state index is 13.7. The second-order valence-electron chi connectivity index (χ2n) is 13.5. The van der Waals surface area contributed by atoms with Gasteiger partial charge < -0.3 is 19.9 Å². The molecular formula is C36H47N7O4S. The minimum atomic E-state index is -3.54. The number of hydrogen-bond acceptors (Lipinski definition) is 10. The van der Waals surface area contributed by atoms with Gasteiger partial charge in [0.05, 0.1) is 27.6 Å². The zero-order valence-corrected chi connectivity index (χ0v) is 29.5. The van der Waals surface area contributed by atoms with Crippen molar-refractivity contribution in [3.63, 3.8) is 0 Å². The summed E-state index contributed by atoms with van der Waals surface area (Å²) in [7, 11) is -1.37. The van der Waals surface area contributed by atoms with E-state index in [1.807, 2.05) is 36.9 Å². The Labute approximate surface area is 284 Å². The first-order valence-electron chi connectivity index (χ1n) is 17.0. The lowest BCUT2D eigenvalue weighted by atomic mass is 10.0. The zero-order chi connectivity index (χ0) is 34.0. The van der Waals surface area contributed by atoms with Gasteiger partial charge in [-0.2, -0.15) is 0 Å². The number of nitrogens with zero attached hydrogens (tertiary/aromatic N) is 6. The maximum Gasteiger partial charge on any atom is 0.253 e. The number of amides is 1. The Morgan fingerprint density at radius 2 is 1.71 bits per heavy atom. The van der Waals surface area contributed by atoms with Gasteiger partial charge in [0.1, 0.15) is 17.3 Å². The summed E-state index contributed by atoms with van der Waals surface area (Å²) in [4.78, 5) is 35.0. The molecule has 11 nitrogen and oxygen atoms in total. The van der Waals surface area contributed by atoms with Gasteiger partial charge in [-0.15, -0.1) is 0 Å². The van der Waals surface area contributed by atoms with Gasteiger partial charge in [0.2, 0.25) is 0 Å². The molecule has 0 saturated carbocycles. The van der Waals surface area contributed by atoms with Crippen molar-refractivity contribution in [2.75, 3.05) is 51.6 Å². The number of aromatic nitrogens is 2. The van der Waals surface area contributed by atoms with Crippen LogP contribution >= 0.6 is 0 Å². The van der Waals surface area contributed by atoms with Crippen molar-refractivity contribution in [2.24, 2.45) is 4.99 Å². The average molecular weight is 674 g/mol. The molecule has 3 aliphatic rings. The number of carbonyl (C=O) groups is 1. The number of likely N-dealkylation sites (tertiary alicyclic amines) is 1. The molecule has 2 saturated heterocycles. The predicted molar refractivity (Wildman–Crippen MR) is 189 cm³/mol.